The van der Waals surface area contributed by atoms with E-state index >= 15 is 0 Å². The van der Waals surface area contributed by atoms with Crippen LogP contribution in [0.5, 0.6) is 11.5 Å². The number of ether oxygens (including phenoxy) is 2. The van der Waals surface area contributed by atoms with Crippen molar-refractivity contribution in [2.45, 2.75) is 19.7 Å². The van der Waals surface area contributed by atoms with Crippen LogP contribution in [0.1, 0.15) is 22.3 Å². The maximum atomic E-state index is 14.2. The van der Waals surface area contributed by atoms with Gasteiger partial charge in [-0.25, -0.2) is 4.39 Å². The Morgan fingerprint density at radius 1 is 1.23 bits per heavy atom. The van der Waals surface area contributed by atoms with Gasteiger partial charge < -0.3 is 9.47 Å². The fourth-order valence-electron chi connectivity index (χ4n) is 2.61. The number of halogens is 4. The SMILES string of the molecule is Cc1ccc(COc2cc(F)c3c(c2)OCC(C=O)=C3)c(C(F)(F)F)c1. The second kappa shape index (κ2) is 6.82. The highest BCUT2D eigenvalue weighted by atomic mass is 19.4. The van der Waals surface area contributed by atoms with Crippen LogP contribution in [0.25, 0.3) is 6.08 Å². The molecule has 0 saturated heterocycles. The van der Waals surface area contributed by atoms with Gasteiger partial charge in [-0.3, -0.25) is 4.79 Å². The van der Waals surface area contributed by atoms with Gasteiger partial charge in [0, 0.05) is 23.3 Å². The number of benzene rings is 2. The first-order valence-corrected chi connectivity index (χ1v) is 7.69. The van der Waals surface area contributed by atoms with Crippen LogP contribution < -0.4 is 9.47 Å². The van der Waals surface area contributed by atoms with E-state index in [4.69, 9.17) is 9.47 Å². The summed E-state index contributed by atoms with van der Waals surface area (Å²) in [6, 6.07) is 6.37. The largest absolute Gasteiger partial charge is 0.489 e. The highest BCUT2D eigenvalue weighted by molar-refractivity contribution is 5.84. The van der Waals surface area contributed by atoms with Gasteiger partial charge in [0.1, 0.15) is 36.8 Å². The molecule has 1 aliphatic rings. The van der Waals surface area contributed by atoms with Crippen molar-refractivity contribution in [3.63, 3.8) is 0 Å². The average Bonchev–Trinajstić information content (AvgIpc) is 2.59. The molecular formula is C19H14F4O3. The Labute approximate surface area is 146 Å². The monoisotopic (exact) mass is 366 g/mol. The van der Waals surface area contributed by atoms with Gasteiger partial charge in [-0.05, 0) is 19.1 Å². The summed E-state index contributed by atoms with van der Waals surface area (Å²) in [7, 11) is 0. The van der Waals surface area contributed by atoms with Gasteiger partial charge in [-0.15, -0.1) is 0 Å². The molecule has 0 atom stereocenters. The second-order valence-electron chi connectivity index (χ2n) is 5.89. The predicted molar refractivity (Wildman–Crippen MR) is 86.4 cm³/mol. The number of aldehydes is 1. The molecule has 0 amide bonds. The number of hydrogen-bond donors (Lipinski definition) is 0. The summed E-state index contributed by atoms with van der Waals surface area (Å²) in [5.41, 5.74) is 0.0413. The molecule has 0 aliphatic carbocycles. The summed E-state index contributed by atoms with van der Waals surface area (Å²) in [5, 5.41) is 0. The fraction of sp³-hybridized carbons (Fsp3) is 0.211. The molecule has 0 spiro atoms. The number of carbonyl (C=O) groups excluding carboxylic acids is 1. The van der Waals surface area contributed by atoms with E-state index in [1.54, 1.807) is 13.0 Å². The number of alkyl halides is 3. The lowest BCUT2D eigenvalue weighted by atomic mass is 10.0. The zero-order chi connectivity index (χ0) is 18.9. The Kier molecular flexibility index (Phi) is 4.71. The van der Waals surface area contributed by atoms with Gasteiger partial charge in [0.05, 0.1) is 11.1 Å². The summed E-state index contributed by atoms with van der Waals surface area (Å²) in [4.78, 5) is 10.8. The highest BCUT2D eigenvalue weighted by Gasteiger charge is 2.33. The Morgan fingerprint density at radius 2 is 2.00 bits per heavy atom. The first-order valence-electron chi connectivity index (χ1n) is 7.69. The van der Waals surface area contributed by atoms with Crippen LogP contribution in [0.15, 0.2) is 35.9 Å². The fourth-order valence-corrected chi connectivity index (χ4v) is 2.61. The van der Waals surface area contributed by atoms with Crippen LogP contribution in [0.3, 0.4) is 0 Å². The Morgan fingerprint density at radius 3 is 2.69 bits per heavy atom. The van der Waals surface area contributed by atoms with Crippen molar-refractivity contribution in [2.24, 2.45) is 0 Å². The molecule has 3 nitrogen and oxygen atoms in total. The van der Waals surface area contributed by atoms with Crippen molar-refractivity contribution in [3.05, 3.63) is 64.0 Å². The zero-order valence-electron chi connectivity index (χ0n) is 13.7. The lowest BCUT2D eigenvalue weighted by Crippen LogP contribution is -2.12. The van der Waals surface area contributed by atoms with E-state index in [-0.39, 0.29) is 35.8 Å². The van der Waals surface area contributed by atoms with E-state index in [2.05, 4.69) is 0 Å². The molecule has 136 valence electrons. The van der Waals surface area contributed by atoms with Crippen LogP contribution in [0, 0.1) is 12.7 Å². The van der Waals surface area contributed by atoms with E-state index in [0.717, 1.165) is 12.1 Å². The van der Waals surface area contributed by atoms with E-state index in [9.17, 15) is 22.4 Å². The maximum Gasteiger partial charge on any atom is 0.416 e. The number of aryl methyl sites for hydroxylation is 1. The van der Waals surface area contributed by atoms with Crippen LogP contribution in [0.2, 0.25) is 0 Å². The summed E-state index contributed by atoms with van der Waals surface area (Å²) < 4.78 is 64.3. The van der Waals surface area contributed by atoms with Gasteiger partial charge in [-0.1, -0.05) is 17.7 Å². The van der Waals surface area contributed by atoms with Crippen LogP contribution >= 0.6 is 0 Å². The molecule has 7 heteroatoms. The summed E-state index contributed by atoms with van der Waals surface area (Å²) in [6.07, 6.45) is -2.57. The number of fused-ring (bicyclic) bond motifs is 1. The van der Waals surface area contributed by atoms with E-state index in [0.29, 0.717) is 17.4 Å². The molecule has 0 N–H and O–H groups in total. The summed E-state index contributed by atoms with van der Waals surface area (Å²) in [5.74, 6) is -0.472. The molecule has 2 aromatic rings. The Hall–Kier alpha value is -2.83. The molecule has 1 aliphatic heterocycles. The van der Waals surface area contributed by atoms with Gasteiger partial charge in [0.15, 0.2) is 0 Å². The van der Waals surface area contributed by atoms with Crippen molar-refractivity contribution < 1.29 is 31.8 Å². The maximum absolute atomic E-state index is 14.2. The van der Waals surface area contributed by atoms with Crippen molar-refractivity contribution in [3.8, 4) is 11.5 Å². The minimum absolute atomic E-state index is 0.00439. The molecule has 0 bridgehead atoms. The first kappa shape index (κ1) is 18.0. The molecule has 0 fully saturated rings. The Bertz CT molecular complexity index is 885. The van der Waals surface area contributed by atoms with E-state index in [1.165, 1.54) is 18.2 Å². The smallest absolute Gasteiger partial charge is 0.416 e. The van der Waals surface area contributed by atoms with Crippen molar-refractivity contribution in [1.82, 2.24) is 0 Å². The third-order valence-corrected chi connectivity index (χ3v) is 3.91. The lowest BCUT2D eigenvalue weighted by Gasteiger charge is -2.18. The molecule has 0 aromatic heterocycles. The van der Waals surface area contributed by atoms with Gasteiger partial charge in [0.2, 0.25) is 0 Å². The summed E-state index contributed by atoms with van der Waals surface area (Å²) in [6.45, 7) is 1.19. The lowest BCUT2D eigenvalue weighted by molar-refractivity contribution is -0.138. The van der Waals surface area contributed by atoms with Crippen molar-refractivity contribution in [2.75, 3.05) is 6.61 Å². The molecule has 2 aromatic carbocycles. The second-order valence-corrected chi connectivity index (χ2v) is 5.89. The van der Waals surface area contributed by atoms with Crippen molar-refractivity contribution >= 4 is 12.4 Å². The molecule has 3 rings (SSSR count). The molecular weight excluding hydrogens is 352 g/mol. The minimum atomic E-state index is -4.51. The van der Waals surface area contributed by atoms with Crippen LogP contribution in [0.4, 0.5) is 17.6 Å². The van der Waals surface area contributed by atoms with Crippen molar-refractivity contribution in [1.29, 1.82) is 0 Å². The van der Waals surface area contributed by atoms with E-state index in [1.807, 2.05) is 0 Å². The zero-order valence-corrected chi connectivity index (χ0v) is 13.7. The summed E-state index contributed by atoms with van der Waals surface area (Å²) >= 11 is 0. The van der Waals surface area contributed by atoms with Gasteiger partial charge in [-0.2, -0.15) is 13.2 Å². The van der Waals surface area contributed by atoms with Crippen LogP contribution in [-0.2, 0) is 17.6 Å². The van der Waals surface area contributed by atoms with Gasteiger partial charge in [0.25, 0.3) is 0 Å². The molecule has 0 radical (unpaired) electrons. The average molecular weight is 366 g/mol. The quantitative estimate of drug-likeness (QED) is 0.581. The molecule has 0 unspecified atom stereocenters. The number of carbonyl (C=O) groups is 1. The normalized spacial score (nSPS) is 13.5. The van der Waals surface area contributed by atoms with Gasteiger partial charge >= 0.3 is 6.18 Å². The van der Waals surface area contributed by atoms with Crippen LogP contribution in [-0.4, -0.2) is 12.9 Å². The first-order chi connectivity index (χ1) is 12.3. The standard InChI is InChI=1S/C19H14F4O3/c1-11-2-3-13(16(4-11)19(21,22)23)10-25-14-6-17(20)15-5-12(8-24)9-26-18(15)7-14/h2-8H,9-10H2,1H3. The molecule has 1 heterocycles. The third kappa shape index (κ3) is 3.71. The predicted octanol–water partition coefficient (Wildman–Crippen LogP) is 4.71. The molecule has 26 heavy (non-hydrogen) atoms. The number of rotatable bonds is 4. The minimum Gasteiger partial charge on any atom is -0.489 e. The molecule has 0 saturated carbocycles. The Balaban J connectivity index is 1.85. The number of hydrogen-bond acceptors (Lipinski definition) is 3. The topological polar surface area (TPSA) is 35.5 Å². The highest BCUT2D eigenvalue weighted by Crippen LogP contribution is 2.35. The third-order valence-electron chi connectivity index (χ3n) is 3.91. The van der Waals surface area contributed by atoms with E-state index < -0.39 is 17.6 Å².